The summed E-state index contributed by atoms with van der Waals surface area (Å²) in [5.74, 6) is -0.0294. The van der Waals surface area contributed by atoms with Crippen molar-refractivity contribution < 1.29 is 26.7 Å². The molecule has 0 fully saturated rings. The standard InChI is InChI=1S/C9H7F5O/c1-15-5-2-3-7(9(12,13)14)6(4-5)8(10)11/h2-4,8H,1H3. The predicted octanol–water partition coefficient (Wildman–Crippen LogP) is 3.65. The predicted molar refractivity (Wildman–Crippen MR) is 43.0 cm³/mol. The molecule has 0 amide bonds. The molecule has 0 aliphatic carbocycles. The Labute approximate surface area is 82.5 Å². The highest BCUT2D eigenvalue weighted by molar-refractivity contribution is 5.38. The minimum atomic E-state index is -4.78. The van der Waals surface area contributed by atoms with Crippen LogP contribution in [-0.4, -0.2) is 7.11 Å². The number of halogens is 5. The first-order valence-electron chi connectivity index (χ1n) is 3.89. The molecule has 0 N–H and O–H groups in total. The van der Waals surface area contributed by atoms with Crippen molar-refractivity contribution >= 4 is 0 Å². The number of hydrogen-bond donors (Lipinski definition) is 0. The summed E-state index contributed by atoms with van der Waals surface area (Å²) in [7, 11) is 1.19. The van der Waals surface area contributed by atoms with Crippen molar-refractivity contribution in [1.82, 2.24) is 0 Å². The minimum absolute atomic E-state index is 0.0294. The van der Waals surface area contributed by atoms with Gasteiger partial charge >= 0.3 is 6.18 Å². The maximum absolute atomic E-state index is 12.3. The molecule has 1 rings (SSSR count). The van der Waals surface area contributed by atoms with Gasteiger partial charge in [-0.15, -0.1) is 0 Å². The molecule has 15 heavy (non-hydrogen) atoms. The van der Waals surface area contributed by atoms with E-state index >= 15 is 0 Å². The first kappa shape index (κ1) is 11.7. The van der Waals surface area contributed by atoms with Crippen LogP contribution in [0.4, 0.5) is 22.0 Å². The smallest absolute Gasteiger partial charge is 0.416 e. The molecule has 1 aromatic carbocycles. The van der Waals surface area contributed by atoms with E-state index in [1.807, 2.05) is 0 Å². The van der Waals surface area contributed by atoms with Gasteiger partial charge in [0.2, 0.25) is 0 Å². The Kier molecular flexibility index (Phi) is 3.16. The Morgan fingerprint density at radius 2 is 1.80 bits per heavy atom. The van der Waals surface area contributed by atoms with Gasteiger partial charge in [-0.25, -0.2) is 8.78 Å². The lowest BCUT2D eigenvalue weighted by atomic mass is 10.1. The van der Waals surface area contributed by atoms with Crippen LogP contribution < -0.4 is 4.74 Å². The summed E-state index contributed by atoms with van der Waals surface area (Å²) in [5, 5.41) is 0. The fraction of sp³-hybridized carbons (Fsp3) is 0.333. The third-order valence-corrected chi connectivity index (χ3v) is 1.80. The van der Waals surface area contributed by atoms with E-state index in [-0.39, 0.29) is 5.75 Å². The van der Waals surface area contributed by atoms with E-state index in [1.54, 1.807) is 0 Å². The fourth-order valence-corrected chi connectivity index (χ4v) is 1.11. The summed E-state index contributed by atoms with van der Waals surface area (Å²) in [6.45, 7) is 0. The lowest BCUT2D eigenvalue weighted by Gasteiger charge is -2.13. The van der Waals surface area contributed by atoms with Crippen molar-refractivity contribution in [3.63, 3.8) is 0 Å². The van der Waals surface area contributed by atoms with E-state index in [0.29, 0.717) is 12.1 Å². The summed E-state index contributed by atoms with van der Waals surface area (Å²) < 4.78 is 66.0. The van der Waals surface area contributed by atoms with Crippen LogP contribution in [-0.2, 0) is 6.18 Å². The first-order chi connectivity index (χ1) is 6.86. The van der Waals surface area contributed by atoms with Crippen molar-refractivity contribution in [1.29, 1.82) is 0 Å². The van der Waals surface area contributed by atoms with Crippen molar-refractivity contribution in [3.8, 4) is 5.75 Å². The van der Waals surface area contributed by atoms with Gasteiger partial charge in [0, 0.05) is 5.56 Å². The summed E-state index contributed by atoms with van der Waals surface area (Å²) in [6, 6.07) is 2.27. The van der Waals surface area contributed by atoms with Gasteiger partial charge in [0.1, 0.15) is 5.75 Å². The summed E-state index contributed by atoms with van der Waals surface area (Å²) in [5.41, 5.74) is -2.40. The topological polar surface area (TPSA) is 9.23 Å². The molecule has 0 radical (unpaired) electrons. The minimum Gasteiger partial charge on any atom is -0.497 e. The van der Waals surface area contributed by atoms with Gasteiger partial charge in [0.15, 0.2) is 0 Å². The molecule has 6 heteroatoms. The molecule has 0 aliphatic heterocycles. The van der Waals surface area contributed by atoms with Crippen molar-refractivity contribution in [2.24, 2.45) is 0 Å². The average Bonchev–Trinajstić information content (AvgIpc) is 2.15. The molecule has 1 nitrogen and oxygen atoms in total. The molecule has 0 aromatic heterocycles. The van der Waals surface area contributed by atoms with Crippen LogP contribution in [0.2, 0.25) is 0 Å². The highest BCUT2D eigenvalue weighted by atomic mass is 19.4. The Hall–Kier alpha value is -1.33. The molecule has 0 spiro atoms. The van der Waals surface area contributed by atoms with Crippen LogP contribution in [0.15, 0.2) is 18.2 Å². The third-order valence-electron chi connectivity index (χ3n) is 1.80. The first-order valence-corrected chi connectivity index (χ1v) is 3.89. The normalized spacial score (nSPS) is 11.9. The summed E-state index contributed by atoms with van der Waals surface area (Å²) in [6.07, 6.45) is -7.96. The molecule has 0 heterocycles. The van der Waals surface area contributed by atoms with E-state index in [4.69, 9.17) is 0 Å². The number of benzene rings is 1. The molecule has 1 aromatic rings. The molecule has 0 saturated heterocycles. The van der Waals surface area contributed by atoms with Gasteiger partial charge < -0.3 is 4.74 Å². The Balaban J connectivity index is 3.28. The number of rotatable bonds is 2. The fourth-order valence-electron chi connectivity index (χ4n) is 1.11. The van der Waals surface area contributed by atoms with E-state index in [0.717, 1.165) is 6.07 Å². The lowest BCUT2D eigenvalue weighted by molar-refractivity contribution is -0.139. The zero-order valence-electron chi connectivity index (χ0n) is 7.61. The highest BCUT2D eigenvalue weighted by Crippen LogP contribution is 2.37. The van der Waals surface area contributed by atoms with E-state index < -0.39 is 23.7 Å². The summed E-state index contributed by atoms with van der Waals surface area (Å²) >= 11 is 0. The second-order valence-corrected chi connectivity index (χ2v) is 2.75. The van der Waals surface area contributed by atoms with Gasteiger partial charge in [0.25, 0.3) is 6.43 Å². The van der Waals surface area contributed by atoms with Crippen LogP contribution in [0.3, 0.4) is 0 Å². The highest BCUT2D eigenvalue weighted by Gasteiger charge is 2.35. The second kappa shape index (κ2) is 4.04. The maximum atomic E-state index is 12.3. The molecular weight excluding hydrogens is 219 g/mol. The zero-order chi connectivity index (χ0) is 11.6. The average molecular weight is 226 g/mol. The number of methoxy groups -OCH3 is 1. The van der Waals surface area contributed by atoms with E-state index in [2.05, 4.69) is 4.74 Å². The Bertz CT molecular complexity index is 345. The van der Waals surface area contributed by atoms with Crippen LogP contribution in [0.25, 0.3) is 0 Å². The van der Waals surface area contributed by atoms with Crippen LogP contribution >= 0.6 is 0 Å². The van der Waals surface area contributed by atoms with Gasteiger partial charge in [-0.1, -0.05) is 0 Å². The van der Waals surface area contributed by atoms with E-state index in [1.165, 1.54) is 7.11 Å². The van der Waals surface area contributed by atoms with Crippen LogP contribution in [0.1, 0.15) is 17.6 Å². The van der Waals surface area contributed by atoms with Gasteiger partial charge in [-0.2, -0.15) is 13.2 Å². The molecule has 0 atom stereocenters. The van der Waals surface area contributed by atoms with Crippen LogP contribution in [0, 0.1) is 0 Å². The molecule has 84 valence electrons. The number of alkyl halides is 5. The molecule has 0 saturated carbocycles. The van der Waals surface area contributed by atoms with Gasteiger partial charge in [-0.3, -0.25) is 0 Å². The number of hydrogen-bond acceptors (Lipinski definition) is 1. The molecular formula is C9H7F5O. The Morgan fingerprint density at radius 3 is 2.20 bits per heavy atom. The monoisotopic (exact) mass is 226 g/mol. The molecule has 0 aliphatic rings. The van der Waals surface area contributed by atoms with Crippen molar-refractivity contribution in [2.45, 2.75) is 12.6 Å². The maximum Gasteiger partial charge on any atom is 0.416 e. The number of ether oxygens (including phenoxy) is 1. The van der Waals surface area contributed by atoms with E-state index in [9.17, 15) is 22.0 Å². The summed E-state index contributed by atoms with van der Waals surface area (Å²) in [4.78, 5) is 0. The van der Waals surface area contributed by atoms with Gasteiger partial charge in [0.05, 0.1) is 12.7 Å². The quantitative estimate of drug-likeness (QED) is 0.699. The molecule has 0 unspecified atom stereocenters. The Morgan fingerprint density at radius 1 is 1.20 bits per heavy atom. The van der Waals surface area contributed by atoms with Crippen molar-refractivity contribution in [2.75, 3.05) is 7.11 Å². The SMILES string of the molecule is COc1ccc(C(F)(F)F)c(C(F)F)c1. The second-order valence-electron chi connectivity index (χ2n) is 2.75. The van der Waals surface area contributed by atoms with Crippen molar-refractivity contribution in [3.05, 3.63) is 29.3 Å². The zero-order valence-corrected chi connectivity index (χ0v) is 7.61. The van der Waals surface area contributed by atoms with Gasteiger partial charge in [-0.05, 0) is 18.2 Å². The van der Waals surface area contributed by atoms with Crippen LogP contribution in [0.5, 0.6) is 5.75 Å². The molecule has 0 bridgehead atoms. The lowest BCUT2D eigenvalue weighted by Crippen LogP contribution is -2.09. The largest absolute Gasteiger partial charge is 0.497 e. The third kappa shape index (κ3) is 2.57.